The van der Waals surface area contributed by atoms with E-state index in [0.29, 0.717) is 5.76 Å². The highest BCUT2D eigenvalue weighted by Crippen LogP contribution is 2.30. The largest absolute Gasteiger partial charge is 0.496 e. The maximum atomic E-state index is 5.92. The van der Waals surface area contributed by atoms with Gasteiger partial charge in [0.15, 0.2) is 12.2 Å². The molecule has 3 aromatic rings. The Morgan fingerprint density at radius 1 is 1.27 bits per heavy atom. The summed E-state index contributed by atoms with van der Waals surface area (Å²) < 4.78 is 11.6. The van der Waals surface area contributed by atoms with Crippen molar-refractivity contribution in [2.24, 2.45) is 0 Å². The molecular weight excluding hydrogens is 320 g/mol. The zero-order valence-corrected chi connectivity index (χ0v) is 13.6. The predicted molar refractivity (Wildman–Crippen MR) is 88.4 cm³/mol. The molecule has 4 nitrogen and oxygen atoms in total. The summed E-state index contributed by atoms with van der Waals surface area (Å²) in [5, 5.41) is 3.40. The number of nitrogens with one attached hydrogen (secondary N) is 1. The summed E-state index contributed by atoms with van der Waals surface area (Å²) in [5.74, 6) is 1.47. The number of halogens is 1. The summed E-state index contributed by atoms with van der Waals surface area (Å²) in [6.45, 7) is 1.55. The van der Waals surface area contributed by atoms with E-state index in [1.54, 1.807) is 24.6 Å². The van der Waals surface area contributed by atoms with Gasteiger partial charge in [-0.15, -0.1) is 11.3 Å². The monoisotopic (exact) mass is 334 g/mol. The molecule has 0 amide bonds. The van der Waals surface area contributed by atoms with Gasteiger partial charge in [-0.25, -0.2) is 4.98 Å². The number of hydrogen-bond donors (Lipinski definition) is 1. The molecule has 0 unspecified atom stereocenters. The van der Waals surface area contributed by atoms with E-state index in [9.17, 15) is 0 Å². The minimum Gasteiger partial charge on any atom is -0.496 e. The molecule has 114 valence electrons. The SMILES string of the molecule is COc1cc(CNCc2ccc(Cl)s2)ccc1-c1cnco1. The second kappa shape index (κ2) is 6.96. The Labute approximate surface area is 137 Å². The molecule has 0 radical (unpaired) electrons. The van der Waals surface area contributed by atoms with Gasteiger partial charge >= 0.3 is 0 Å². The van der Waals surface area contributed by atoms with Crippen molar-refractivity contribution < 1.29 is 9.15 Å². The predicted octanol–water partition coefficient (Wildman–Crippen LogP) is 4.35. The first-order valence-electron chi connectivity index (χ1n) is 6.77. The molecule has 1 aromatic carbocycles. The second-order valence-electron chi connectivity index (χ2n) is 4.71. The van der Waals surface area contributed by atoms with Crippen LogP contribution in [0.5, 0.6) is 5.75 Å². The van der Waals surface area contributed by atoms with E-state index in [-0.39, 0.29) is 0 Å². The summed E-state index contributed by atoms with van der Waals surface area (Å²) >= 11 is 7.51. The Hall–Kier alpha value is -1.82. The first-order chi connectivity index (χ1) is 10.8. The van der Waals surface area contributed by atoms with E-state index in [1.165, 1.54) is 11.3 Å². The van der Waals surface area contributed by atoms with Crippen molar-refractivity contribution in [2.45, 2.75) is 13.1 Å². The third-order valence-corrected chi connectivity index (χ3v) is 4.45. The minimum absolute atomic E-state index is 0.699. The molecule has 0 aliphatic carbocycles. The number of thiophene rings is 1. The lowest BCUT2D eigenvalue weighted by molar-refractivity contribution is 0.414. The zero-order chi connectivity index (χ0) is 15.4. The molecule has 0 atom stereocenters. The smallest absolute Gasteiger partial charge is 0.181 e. The topological polar surface area (TPSA) is 47.3 Å². The van der Waals surface area contributed by atoms with E-state index in [0.717, 1.165) is 34.3 Å². The normalized spacial score (nSPS) is 10.8. The average molecular weight is 335 g/mol. The fraction of sp³-hybridized carbons (Fsp3) is 0.188. The summed E-state index contributed by atoms with van der Waals surface area (Å²) in [5.41, 5.74) is 2.04. The summed E-state index contributed by atoms with van der Waals surface area (Å²) in [6.07, 6.45) is 3.09. The number of methoxy groups -OCH3 is 1. The first kappa shape index (κ1) is 15.1. The van der Waals surface area contributed by atoms with Gasteiger partial charge in [0.05, 0.1) is 23.2 Å². The van der Waals surface area contributed by atoms with E-state index in [4.69, 9.17) is 20.8 Å². The lowest BCUT2D eigenvalue weighted by Gasteiger charge is -2.09. The molecule has 3 rings (SSSR count). The van der Waals surface area contributed by atoms with Crippen LogP contribution in [0.3, 0.4) is 0 Å². The Morgan fingerprint density at radius 3 is 2.86 bits per heavy atom. The van der Waals surface area contributed by atoms with Crippen LogP contribution in [-0.4, -0.2) is 12.1 Å². The maximum absolute atomic E-state index is 5.92. The molecule has 2 aromatic heterocycles. The van der Waals surface area contributed by atoms with E-state index >= 15 is 0 Å². The van der Waals surface area contributed by atoms with Crippen LogP contribution in [0.1, 0.15) is 10.4 Å². The third-order valence-electron chi connectivity index (χ3n) is 3.22. The molecular formula is C16H15ClN2O2S. The maximum Gasteiger partial charge on any atom is 0.181 e. The molecule has 0 fully saturated rings. The molecule has 0 saturated heterocycles. The van der Waals surface area contributed by atoms with Crippen LogP contribution in [0.4, 0.5) is 0 Å². The second-order valence-corrected chi connectivity index (χ2v) is 6.51. The van der Waals surface area contributed by atoms with Gasteiger partial charge in [-0.05, 0) is 29.8 Å². The Balaban J connectivity index is 1.67. The highest BCUT2D eigenvalue weighted by atomic mass is 35.5. The van der Waals surface area contributed by atoms with Crippen LogP contribution in [-0.2, 0) is 13.1 Å². The number of benzene rings is 1. The highest BCUT2D eigenvalue weighted by Gasteiger charge is 2.09. The van der Waals surface area contributed by atoms with Gasteiger partial charge < -0.3 is 14.5 Å². The first-order valence-corrected chi connectivity index (χ1v) is 7.96. The Bertz CT molecular complexity index is 740. The van der Waals surface area contributed by atoms with Crippen LogP contribution >= 0.6 is 22.9 Å². The lowest BCUT2D eigenvalue weighted by Crippen LogP contribution is -2.11. The summed E-state index contributed by atoms with van der Waals surface area (Å²) in [6, 6.07) is 9.99. The molecule has 0 aliphatic heterocycles. The van der Waals surface area contributed by atoms with Gasteiger partial charge in [-0.3, -0.25) is 0 Å². The summed E-state index contributed by atoms with van der Waals surface area (Å²) in [7, 11) is 1.65. The van der Waals surface area contributed by atoms with E-state index in [2.05, 4.69) is 16.4 Å². The van der Waals surface area contributed by atoms with E-state index < -0.39 is 0 Å². The number of rotatable bonds is 6. The quantitative estimate of drug-likeness (QED) is 0.727. The van der Waals surface area contributed by atoms with Crippen molar-refractivity contribution in [1.82, 2.24) is 10.3 Å². The number of hydrogen-bond acceptors (Lipinski definition) is 5. The van der Waals surface area contributed by atoms with E-state index in [1.807, 2.05) is 24.3 Å². The van der Waals surface area contributed by atoms with Gasteiger partial charge in [-0.1, -0.05) is 17.7 Å². The van der Waals surface area contributed by atoms with Crippen LogP contribution in [0.25, 0.3) is 11.3 Å². The number of oxazole rings is 1. The van der Waals surface area contributed by atoms with Crippen LogP contribution < -0.4 is 10.1 Å². The number of aromatic nitrogens is 1. The zero-order valence-electron chi connectivity index (χ0n) is 12.0. The van der Waals surface area contributed by atoms with Crippen LogP contribution in [0.2, 0.25) is 4.34 Å². The standard InChI is InChI=1S/C16H15ClN2O2S/c1-20-14-6-11(2-4-13(14)15-9-19-10-21-15)7-18-8-12-3-5-16(17)22-12/h2-6,9-10,18H,7-8H2,1H3. The average Bonchev–Trinajstić information content (AvgIpc) is 3.19. The minimum atomic E-state index is 0.699. The number of ether oxygens (including phenoxy) is 1. The van der Waals surface area contributed by atoms with Gasteiger partial charge in [0, 0.05) is 18.0 Å². The lowest BCUT2D eigenvalue weighted by atomic mass is 10.1. The van der Waals surface area contributed by atoms with Crippen molar-refractivity contribution in [1.29, 1.82) is 0 Å². The molecule has 2 heterocycles. The van der Waals surface area contributed by atoms with Crippen molar-refractivity contribution >= 4 is 22.9 Å². The van der Waals surface area contributed by atoms with Gasteiger partial charge in [0.2, 0.25) is 0 Å². The Morgan fingerprint density at radius 2 is 2.18 bits per heavy atom. The summed E-state index contributed by atoms with van der Waals surface area (Å²) in [4.78, 5) is 5.16. The molecule has 0 saturated carbocycles. The van der Waals surface area contributed by atoms with Crippen molar-refractivity contribution in [3.8, 4) is 17.1 Å². The van der Waals surface area contributed by atoms with Crippen molar-refractivity contribution in [3.05, 3.63) is 57.7 Å². The molecule has 0 bridgehead atoms. The van der Waals surface area contributed by atoms with Crippen LogP contribution in [0, 0.1) is 0 Å². The molecule has 22 heavy (non-hydrogen) atoms. The highest BCUT2D eigenvalue weighted by molar-refractivity contribution is 7.16. The fourth-order valence-corrected chi connectivity index (χ4v) is 3.23. The van der Waals surface area contributed by atoms with Gasteiger partial charge in [0.25, 0.3) is 0 Å². The van der Waals surface area contributed by atoms with Crippen LogP contribution in [0.15, 0.2) is 47.3 Å². The Kier molecular flexibility index (Phi) is 4.77. The van der Waals surface area contributed by atoms with Gasteiger partial charge in [0.1, 0.15) is 5.75 Å². The molecule has 1 N–H and O–H groups in total. The fourth-order valence-electron chi connectivity index (χ4n) is 2.17. The molecule has 0 spiro atoms. The van der Waals surface area contributed by atoms with Crippen molar-refractivity contribution in [3.63, 3.8) is 0 Å². The molecule has 0 aliphatic rings. The molecule has 6 heteroatoms. The number of nitrogens with zero attached hydrogens (tertiary/aromatic N) is 1. The third kappa shape index (κ3) is 3.50. The van der Waals surface area contributed by atoms with Crippen molar-refractivity contribution in [2.75, 3.05) is 7.11 Å². The van der Waals surface area contributed by atoms with Gasteiger partial charge in [-0.2, -0.15) is 0 Å².